The van der Waals surface area contributed by atoms with Gasteiger partial charge in [0, 0.05) is 42.0 Å². The molecule has 2 aliphatic heterocycles. The number of esters is 1. The number of carbonyl (C=O) groups excluding carboxylic acids is 2. The van der Waals surface area contributed by atoms with Crippen molar-refractivity contribution in [2.75, 3.05) is 57.1 Å². The molecule has 3 fully saturated rings. The number of methoxy groups -OCH3 is 1. The molecule has 1 saturated carbocycles. The molecule has 1 aromatic heterocycles. The van der Waals surface area contributed by atoms with Gasteiger partial charge in [-0.1, -0.05) is 17.7 Å². The minimum absolute atomic E-state index is 0.0101. The van der Waals surface area contributed by atoms with Crippen LogP contribution in [0.2, 0.25) is 5.02 Å². The van der Waals surface area contributed by atoms with Gasteiger partial charge in [0.15, 0.2) is 0 Å². The van der Waals surface area contributed by atoms with Crippen molar-refractivity contribution in [2.45, 2.75) is 37.6 Å². The molecule has 0 radical (unpaired) electrons. The number of cyclic esters (lactones) is 1. The normalized spacial score (nSPS) is 18.6. The van der Waals surface area contributed by atoms with Gasteiger partial charge in [0.05, 0.1) is 24.2 Å². The number of rotatable bonds is 9. The molecule has 43 heavy (non-hydrogen) atoms. The van der Waals surface area contributed by atoms with Gasteiger partial charge < -0.3 is 20.1 Å². The topological polar surface area (TPSA) is 109 Å². The number of aromatic nitrogens is 2. The lowest BCUT2D eigenvalue weighted by Gasteiger charge is -2.39. The number of morpholine rings is 1. The zero-order chi connectivity index (χ0) is 29.9. The fraction of sp³-hybridized carbons (Fsp3) is 0.419. The third kappa shape index (κ3) is 7.06. The molecular weight excluding hydrogens is 575 g/mol. The van der Waals surface area contributed by atoms with Crippen LogP contribution in [-0.4, -0.2) is 84.1 Å². The lowest BCUT2D eigenvalue weighted by Crippen LogP contribution is -2.50. The lowest BCUT2D eigenvalue weighted by atomic mass is 10.0. The highest BCUT2D eigenvalue weighted by molar-refractivity contribution is 6.31. The van der Waals surface area contributed by atoms with Gasteiger partial charge >= 0.3 is 12.0 Å². The summed E-state index contributed by atoms with van der Waals surface area (Å²) in [5, 5.41) is 6.93. The first-order valence-electron chi connectivity index (χ1n) is 14.6. The molecule has 1 amide bonds. The Labute approximate surface area is 254 Å². The maximum atomic E-state index is 13.7. The fourth-order valence-electron chi connectivity index (χ4n) is 5.74. The Kier molecular flexibility index (Phi) is 8.73. The number of ether oxygens (including phenoxy) is 2. The molecule has 0 unspecified atom stereocenters. The highest BCUT2D eigenvalue weighted by atomic mass is 35.5. The van der Waals surface area contributed by atoms with E-state index in [9.17, 15) is 14.0 Å². The monoisotopic (exact) mass is 608 g/mol. The Hall–Kier alpha value is -3.80. The first-order valence-corrected chi connectivity index (χ1v) is 15.0. The van der Waals surface area contributed by atoms with Crippen molar-refractivity contribution >= 4 is 51.6 Å². The van der Waals surface area contributed by atoms with Gasteiger partial charge in [0.1, 0.15) is 18.2 Å². The predicted octanol–water partition coefficient (Wildman–Crippen LogP) is 4.87. The molecule has 3 aromatic rings. The van der Waals surface area contributed by atoms with Crippen LogP contribution in [0.5, 0.6) is 6.01 Å². The van der Waals surface area contributed by atoms with E-state index < -0.39 is 5.82 Å². The second-order valence-corrected chi connectivity index (χ2v) is 11.6. The zero-order valence-corrected chi connectivity index (χ0v) is 24.7. The van der Waals surface area contributed by atoms with Crippen molar-refractivity contribution in [3.8, 4) is 6.01 Å². The summed E-state index contributed by atoms with van der Waals surface area (Å²) in [4.78, 5) is 38.2. The summed E-state index contributed by atoms with van der Waals surface area (Å²) in [6.45, 7) is 4.15. The second kappa shape index (κ2) is 12.8. The number of likely N-dealkylation sites (tertiary alicyclic amines) is 1. The molecule has 0 atom stereocenters. The van der Waals surface area contributed by atoms with E-state index in [1.54, 1.807) is 12.1 Å². The number of piperidine rings is 1. The van der Waals surface area contributed by atoms with Gasteiger partial charge in [-0.3, -0.25) is 19.4 Å². The number of halogens is 2. The molecule has 0 bridgehead atoms. The smallest absolute Gasteiger partial charge is 0.320 e. The molecular formula is C31H34ClFN6O4. The Morgan fingerprint density at radius 1 is 1.16 bits per heavy atom. The predicted molar refractivity (Wildman–Crippen MR) is 163 cm³/mol. The van der Waals surface area contributed by atoms with E-state index in [0.717, 1.165) is 50.9 Å². The number of anilines is 3. The molecule has 1 aliphatic carbocycles. The van der Waals surface area contributed by atoms with Gasteiger partial charge in [-0.2, -0.15) is 9.97 Å². The zero-order valence-electron chi connectivity index (χ0n) is 23.9. The van der Waals surface area contributed by atoms with Gasteiger partial charge in [0.25, 0.3) is 0 Å². The van der Waals surface area contributed by atoms with Crippen LogP contribution in [0.25, 0.3) is 10.9 Å². The number of fused-ring (bicyclic) bond motifs is 1. The Morgan fingerprint density at radius 3 is 2.70 bits per heavy atom. The van der Waals surface area contributed by atoms with E-state index in [-0.39, 0.29) is 22.9 Å². The fourth-order valence-corrected chi connectivity index (χ4v) is 5.92. The first kappa shape index (κ1) is 29.3. The highest BCUT2D eigenvalue weighted by Crippen LogP contribution is 2.45. The van der Waals surface area contributed by atoms with E-state index in [1.807, 2.05) is 18.2 Å². The summed E-state index contributed by atoms with van der Waals surface area (Å²) >= 11 is 5.99. The van der Waals surface area contributed by atoms with E-state index >= 15 is 0 Å². The third-order valence-corrected chi connectivity index (χ3v) is 8.46. The SMILES string of the molecule is COc1nc(Nc2ccc(F)c(Cl)c2)c2cc(NC(=O)C=CCN3CCC(N4CCOC(=O)C4)CC3)c(C3CC3)cc2n1. The minimum Gasteiger partial charge on any atom is -0.467 e. The number of nitrogens with one attached hydrogen (secondary N) is 2. The molecule has 3 aliphatic rings. The summed E-state index contributed by atoms with van der Waals surface area (Å²) in [5.74, 6) is -0.0731. The number of hydrogen-bond acceptors (Lipinski definition) is 9. The van der Waals surface area contributed by atoms with Crippen LogP contribution in [0.4, 0.5) is 21.6 Å². The lowest BCUT2D eigenvalue weighted by molar-refractivity contribution is -0.152. The van der Waals surface area contributed by atoms with Crippen molar-refractivity contribution in [2.24, 2.45) is 0 Å². The number of benzene rings is 2. The maximum Gasteiger partial charge on any atom is 0.320 e. The number of amides is 1. The first-order chi connectivity index (χ1) is 20.9. The summed E-state index contributed by atoms with van der Waals surface area (Å²) in [6.07, 6.45) is 7.54. The van der Waals surface area contributed by atoms with Gasteiger partial charge in [-0.25, -0.2) is 4.39 Å². The van der Waals surface area contributed by atoms with Crippen molar-refractivity contribution in [1.29, 1.82) is 0 Å². The van der Waals surface area contributed by atoms with E-state index in [2.05, 4.69) is 30.4 Å². The van der Waals surface area contributed by atoms with Crippen LogP contribution in [-0.2, 0) is 14.3 Å². The number of hydrogen-bond donors (Lipinski definition) is 2. The molecule has 3 heterocycles. The van der Waals surface area contributed by atoms with E-state index in [1.165, 1.54) is 19.2 Å². The molecule has 2 saturated heterocycles. The van der Waals surface area contributed by atoms with E-state index in [4.69, 9.17) is 21.1 Å². The molecule has 10 nitrogen and oxygen atoms in total. The molecule has 6 rings (SSSR count). The summed E-state index contributed by atoms with van der Waals surface area (Å²) in [6, 6.07) is 8.77. The quantitative estimate of drug-likeness (QED) is 0.260. The molecule has 0 spiro atoms. The Balaban J connectivity index is 1.14. The van der Waals surface area contributed by atoms with Crippen LogP contribution in [0.15, 0.2) is 42.5 Å². The maximum absolute atomic E-state index is 13.7. The summed E-state index contributed by atoms with van der Waals surface area (Å²) in [7, 11) is 1.50. The van der Waals surface area contributed by atoms with Crippen LogP contribution in [0.1, 0.15) is 37.2 Å². The van der Waals surface area contributed by atoms with Crippen molar-refractivity contribution < 1.29 is 23.5 Å². The van der Waals surface area contributed by atoms with Crippen LogP contribution >= 0.6 is 11.6 Å². The molecule has 226 valence electrons. The van der Waals surface area contributed by atoms with Crippen molar-refractivity contribution in [3.05, 3.63) is 58.9 Å². The minimum atomic E-state index is -0.514. The van der Waals surface area contributed by atoms with Crippen molar-refractivity contribution in [3.63, 3.8) is 0 Å². The van der Waals surface area contributed by atoms with Gasteiger partial charge in [-0.15, -0.1) is 0 Å². The van der Waals surface area contributed by atoms with Gasteiger partial charge in [0.2, 0.25) is 5.91 Å². The Bertz CT molecular complexity index is 1560. The Morgan fingerprint density at radius 2 is 1.98 bits per heavy atom. The molecule has 2 N–H and O–H groups in total. The summed E-state index contributed by atoms with van der Waals surface area (Å²) < 4.78 is 24.1. The van der Waals surface area contributed by atoms with Gasteiger partial charge in [-0.05, 0) is 80.6 Å². The van der Waals surface area contributed by atoms with Crippen LogP contribution in [0.3, 0.4) is 0 Å². The molecule has 12 heteroatoms. The number of carbonyl (C=O) groups is 2. The standard InChI is InChI=1S/C31H34ClFN6O4/c1-42-31-36-27-16-22(19-4-5-19)26(17-23(27)30(37-31)34-20-6-7-25(33)24(32)15-20)35-28(40)3-2-10-38-11-8-21(9-12-38)39-13-14-43-29(41)18-39/h2-3,6-7,15-17,19,21H,4-5,8-14,18H2,1H3,(H,35,40)(H,34,36,37). The average Bonchev–Trinajstić information content (AvgIpc) is 3.85. The van der Waals surface area contributed by atoms with Crippen molar-refractivity contribution in [1.82, 2.24) is 19.8 Å². The number of nitrogens with zero attached hydrogens (tertiary/aromatic N) is 4. The van der Waals surface area contributed by atoms with Crippen LogP contribution in [0, 0.1) is 5.82 Å². The summed E-state index contributed by atoms with van der Waals surface area (Å²) in [5.41, 5.74) is 2.95. The second-order valence-electron chi connectivity index (χ2n) is 11.2. The highest BCUT2D eigenvalue weighted by Gasteiger charge is 2.29. The average molecular weight is 609 g/mol. The van der Waals surface area contributed by atoms with Crippen LogP contribution < -0.4 is 15.4 Å². The molecule has 2 aromatic carbocycles. The largest absolute Gasteiger partial charge is 0.467 e. The third-order valence-electron chi connectivity index (χ3n) is 8.17. The van der Waals surface area contributed by atoms with E-state index in [0.29, 0.717) is 59.8 Å².